The number of nitro groups is 1. The molecule has 1 aliphatic rings. The summed E-state index contributed by atoms with van der Waals surface area (Å²) in [6.07, 6.45) is 0. The van der Waals surface area contributed by atoms with Gasteiger partial charge in [0.1, 0.15) is 5.76 Å². The Balaban J connectivity index is 1.56. The number of rotatable bonds is 3. The smallest absolute Gasteiger partial charge is 0.298 e. The predicted octanol–water partition coefficient (Wildman–Crippen LogP) is 7.71. The van der Waals surface area contributed by atoms with Crippen LogP contribution in [0.1, 0.15) is 10.6 Å². The molecule has 0 saturated carbocycles. The zero-order valence-corrected chi connectivity index (χ0v) is 19.3. The number of hydrogen-bond acceptors (Lipinski definition) is 5. The van der Waals surface area contributed by atoms with Gasteiger partial charge in [-0.1, -0.05) is 35.5 Å². The predicted molar refractivity (Wildman–Crippen MR) is 127 cm³/mol. The summed E-state index contributed by atoms with van der Waals surface area (Å²) < 4.78 is 6.39. The molecule has 0 atom stereocenters. The topological polar surface area (TPSA) is 76.6 Å². The number of nitro benzene ring substituents is 1. The van der Waals surface area contributed by atoms with Crippen LogP contribution in [-0.4, -0.2) is 10.8 Å². The Kier molecular flexibility index (Phi) is 5.28. The summed E-state index contributed by atoms with van der Waals surface area (Å²) in [7, 11) is 0. The number of halogens is 2. The van der Waals surface area contributed by atoms with E-state index >= 15 is 0 Å². The van der Waals surface area contributed by atoms with Gasteiger partial charge < -0.3 is 4.42 Å². The maximum absolute atomic E-state index is 13.6. The Morgan fingerprint density at radius 2 is 1.78 bits per heavy atom. The molecule has 0 spiro atoms. The van der Waals surface area contributed by atoms with Crippen LogP contribution in [-0.2, 0) is 0 Å². The molecule has 0 fully saturated rings. The van der Waals surface area contributed by atoms with Gasteiger partial charge in [0.05, 0.1) is 16.3 Å². The largest absolute Gasteiger partial charge is 0.451 e. The normalized spacial score (nSPS) is 12.2. The number of para-hydroxylation sites is 1. The zero-order chi connectivity index (χ0) is 22.4. The van der Waals surface area contributed by atoms with Crippen LogP contribution >= 0.6 is 39.3 Å². The Bertz CT molecular complexity index is 1400. The fraction of sp³-hybridized carbons (Fsp3) is 0. The molecule has 0 saturated heterocycles. The maximum atomic E-state index is 13.6. The lowest BCUT2D eigenvalue weighted by Crippen LogP contribution is -2.28. The van der Waals surface area contributed by atoms with Gasteiger partial charge in [-0.15, -0.1) is 0 Å². The van der Waals surface area contributed by atoms with Crippen LogP contribution in [0.15, 0.2) is 91.5 Å². The molecule has 3 aromatic carbocycles. The van der Waals surface area contributed by atoms with Gasteiger partial charge in [0, 0.05) is 37.0 Å². The highest BCUT2D eigenvalue weighted by Crippen LogP contribution is 2.49. The number of carbonyl (C=O) groups is 1. The van der Waals surface area contributed by atoms with E-state index in [1.807, 2.05) is 30.3 Å². The first-order valence-corrected chi connectivity index (χ1v) is 11.4. The molecule has 0 unspecified atom stereocenters. The second-order valence-corrected chi connectivity index (χ2v) is 9.28. The molecule has 1 aromatic heterocycles. The number of carbonyl (C=O) groups excluding carboxylic acids is 1. The second kappa shape index (κ2) is 8.12. The van der Waals surface area contributed by atoms with Gasteiger partial charge in [0.15, 0.2) is 5.76 Å². The Labute approximate surface area is 200 Å². The molecule has 1 amide bonds. The molecule has 6 nitrogen and oxygen atoms in total. The molecular weight excluding hydrogens is 516 g/mol. The minimum Gasteiger partial charge on any atom is -0.451 e. The van der Waals surface area contributed by atoms with Crippen LogP contribution in [0, 0.1) is 10.1 Å². The van der Waals surface area contributed by atoms with E-state index in [0.717, 1.165) is 15.5 Å². The van der Waals surface area contributed by atoms with Gasteiger partial charge in [-0.25, -0.2) is 0 Å². The third kappa shape index (κ3) is 3.60. The van der Waals surface area contributed by atoms with E-state index in [1.54, 1.807) is 47.0 Å². The summed E-state index contributed by atoms with van der Waals surface area (Å²) in [6, 6.07) is 20.7. The van der Waals surface area contributed by atoms with E-state index in [0.29, 0.717) is 26.5 Å². The minimum absolute atomic E-state index is 0.0422. The van der Waals surface area contributed by atoms with Crippen LogP contribution in [0.4, 0.5) is 17.1 Å². The quantitative estimate of drug-likeness (QED) is 0.201. The highest BCUT2D eigenvalue weighted by atomic mass is 79.9. The summed E-state index contributed by atoms with van der Waals surface area (Å²) in [5, 5.41) is 11.5. The molecule has 0 bridgehead atoms. The van der Waals surface area contributed by atoms with Gasteiger partial charge in [-0.2, -0.15) is 0 Å². The number of non-ortho nitro benzene ring substituents is 1. The summed E-state index contributed by atoms with van der Waals surface area (Å²) in [5.41, 5.74) is 1.99. The fourth-order valence-electron chi connectivity index (χ4n) is 3.47. The average molecular weight is 528 g/mol. The highest BCUT2D eigenvalue weighted by Gasteiger charge is 2.31. The van der Waals surface area contributed by atoms with Crippen molar-refractivity contribution in [3.05, 3.63) is 98.2 Å². The van der Waals surface area contributed by atoms with E-state index in [9.17, 15) is 14.9 Å². The lowest BCUT2D eigenvalue weighted by molar-refractivity contribution is -0.384. The van der Waals surface area contributed by atoms with Crippen molar-refractivity contribution in [3.8, 4) is 11.3 Å². The Morgan fingerprint density at radius 1 is 1.00 bits per heavy atom. The maximum Gasteiger partial charge on any atom is 0.298 e. The number of fused-ring (bicyclic) bond motifs is 2. The average Bonchev–Trinajstić information content (AvgIpc) is 3.27. The fourth-order valence-corrected chi connectivity index (χ4v) is 5.24. The van der Waals surface area contributed by atoms with Crippen LogP contribution < -0.4 is 4.90 Å². The van der Waals surface area contributed by atoms with Crippen molar-refractivity contribution >= 4 is 62.3 Å². The molecular formula is C23H12BrClN2O4S. The monoisotopic (exact) mass is 526 g/mol. The molecule has 0 aliphatic carbocycles. The van der Waals surface area contributed by atoms with Crippen molar-refractivity contribution in [2.45, 2.75) is 9.79 Å². The van der Waals surface area contributed by atoms with Crippen molar-refractivity contribution in [2.24, 2.45) is 0 Å². The van der Waals surface area contributed by atoms with Crippen LogP contribution in [0.2, 0.25) is 5.02 Å². The zero-order valence-electron chi connectivity index (χ0n) is 16.1. The summed E-state index contributed by atoms with van der Waals surface area (Å²) in [5.74, 6) is 0.213. The van der Waals surface area contributed by atoms with Crippen LogP contribution in [0.3, 0.4) is 0 Å². The number of anilines is 2. The van der Waals surface area contributed by atoms with Gasteiger partial charge in [-0.3, -0.25) is 19.8 Å². The first kappa shape index (κ1) is 20.8. The molecule has 1 aliphatic heterocycles. The van der Waals surface area contributed by atoms with Gasteiger partial charge in [-0.05, 0) is 64.5 Å². The summed E-state index contributed by atoms with van der Waals surface area (Å²) >= 11 is 11.2. The van der Waals surface area contributed by atoms with Crippen molar-refractivity contribution in [1.29, 1.82) is 0 Å². The molecule has 32 heavy (non-hydrogen) atoms. The molecule has 9 heteroatoms. The second-order valence-electron chi connectivity index (χ2n) is 6.91. The van der Waals surface area contributed by atoms with Crippen LogP contribution in [0.25, 0.3) is 11.3 Å². The lowest BCUT2D eigenvalue weighted by atomic mass is 10.1. The van der Waals surface area contributed by atoms with E-state index < -0.39 is 4.92 Å². The third-order valence-corrected chi connectivity index (χ3v) is 6.96. The molecule has 5 rings (SSSR count). The molecule has 0 N–H and O–H groups in total. The van der Waals surface area contributed by atoms with Crippen molar-refractivity contribution in [2.75, 3.05) is 4.90 Å². The minimum atomic E-state index is -0.472. The van der Waals surface area contributed by atoms with E-state index in [-0.39, 0.29) is 17.4 Å². The van der Waals surface area contributed by atoms with Gasteiger partial charge in [0.2, 0.25) is 0 Å². The van der Waals surface area contributed by atoms with Crippen LogP contribution in [0.5, 0.6) is 0 Å². The van der Waals surface area contributed by atoms with Crippen molar-refractivity contribution in [1.82, 2.24) is 0 Å². The number of hydrogen-bond donors (Lipinski definition) is 0. The van der Waals surface area contributed by atoms with Crippen molar-refractivity contribution in [3.63, 3.8) is 0 Å². The highest BCUT2D eigenvalue weighted by molar-refractivity contribution is 9.10. The lowest BCUT2D eigenvalue weighted by Gasteiger charge is -2.30. The van der Waals surface area contributed by atoms with E-state index in [2.05, 4.69) is 15.9 Å². The Morgan fingerprint density at radius 3 is 2.56 bits per heavy atom. The van der Waals surface area contributed by atoms with Gasteiger partial charge >= 0.3 is 0 Å². The third-order valence-electron chi connectivity index (χ3n) is 4.94. The molecule has 4 aromatic rings. The summed E-state index contributed by atoms with van der Waals surface area (Å²) in [4.78, 5) is 27.6. The molecule has 0 radical (unpaired) electrons. The SMILES string of the molecule is O=C(c1ccc(-c2ccc([N+](=O)[O-])cc2Br)o1)N1c2ccccc2Sc2ccc(Cl)cc21. The number of furan rings is 1. The summed E-state index contributed by atoms with van der Waals surface area (Å²) in [6.45, 7) is 0. The number of amides is 1. The number of nitrogens with zero attached hydrogens (tertiary/aromatic N) is 2. The van der Waals surface area contributed by atoms with E-state index in [4.69, 9.17) is 16.0 Å². The standard InChI is InChI=1S/C23H12BrClN2O4S/c24-16-12-14(27(29)30)6-7-15(16)19-8-9-20(31-19)23(28)26-17-3-1-2-4-21(17)32-22-10-5-13(25)11-18(22)26/h1-12H. The Hall–Kier alpha value is -3.07. The molecule has 158 valence electrons. The first-order valence-electron chi connectivity index (χ1n) is 9.37. The van der Waals surface area contributed by atoms with Gasteiger partial charge in [0.25, 0.3) is 11.6 Å². The first-order chi connectivity index (χ1) is 15.4. The molecule has 2 heterocycles. The van der Waals surface area contributed by atoms with Crippen molar-refractivity contribution < 1.29 is 14.1 Å². The number of benzene rings is 3. The van der Waals surface area contributed by atoms with E-state index in [1.165, 1.54) is 12.1 Å².